The molecular weight excluding hydrogens is 336 g/mol. The number of hydrogen-bond acceptors (Lipinski definition) is 4. The highest BCUT2D eigenvalue weighted by Crippen LogP contribution is 2.36. The Morgan fingerprint density at radius 1 is 0.741 bits per heavy atom. The smallest absolute Gasteiger partial charge is 0.0649 e. The van der Waals surface area contributed by atoms with Crippen LogP contribution in [0.4, 0.5) is 0 Å². The molecule has 5 atom stereocenters. The molecule has 4 nitrogen and oxygen atoms in total. The van der Waals surface area contributed by atoms with Crippen LogP contribution in [0.25, 0.3) is 0 Å². The molecule has 4 heteroatoms. The van der Waals surface area contributed by atoms with E-state index in [4.69, 9.17) is 9.47 Å². The predicted molar refractivity (Wildman–Crippen MR) is 110 cm³/mol. The number of methoxy groups -OCH3 is 2. The molecule has 4 fully saturated rings. The monoisotopic (exact) mass is 378 g/mol. The van der Waals surface area contributed by atoms with E-state index < -0.39 is 0 Å². The molecule has 4 aliphatic rings. The van der Waals surface area contributed by atoms with E-state index in [9.17, 15) is 0 Å². The van der Waals surface area contributed by atoms with Crippen molar-refractivity contribution in [3.8, 4) is 0 Å². The van der Waals surface area contributed by atoms with Gasteiger partial charge in [0.15, 0.2) is 0 Å². The van der Waals surface area contributed by atoms with Crippen molar-refractivity contribution >= 4 is 0 Å². The van der Waals surface area contributed by atoms with Gasteiger partial charge in [-0.2, -0.15) is 0 Å². The van der Waals surface area contributed by atoms with Gasteiger partial charge in [-0.25, -0.2) is 0 Å². The zero-order chi connectivity index (χ0) is 18.8. The normalized spacial score (nSPS) is 39.0. The maximum Gasteiger partial charge on any atom is 0.0649 e. The highest BCUT2D eigenvalue weighted by Gasteiger charge is 2.38. The second-order valence-corrected chi connectivity index (χ2v) is 10.2. The van der Waals surface area contributed by atoms with Crippen LogP contribution in [-0.4, -0.2) is 75.5 Å². The summed E-state index contributed by atoms with van der Waals surface area (Å²) < 4.78 is 11.9. The van der Waals surface area contributed by atoms with Crippen LogP contribution < -0.4 is 0 Å². The highest BCUT2D eigenvalue weighted by atomic mass is 16.5. The summed E-state index contributed by atoms with van der Waals surface area (Å²) in [5.74, 6) is 4.04. The molecule has 0 aromatic heterocycles. The Balaban J connectivity index is 1.31. The van der Waals surface area contributed by atoms with E-state index in [1.165, 1.54) is 84.2 Å². The van der Waals surface area contributed by atoms with E-state index in [2.05, 4.69) is 16.7 Å². The quantitative estimate of drug-likeness (QED) is 0.613. The van der Waals surface area contributed by atoms with Crippen molar-refractivity contribution in [1.82, 2.24) is 9.80 Å². The van der Waals surface area contributed by atoms with Gasteiger partial charge in [0.05, 0.1) is 12.2 Å². The minimum atomic E-state index is 0.438. The number of rotatable bonds is 9. The Bertz CT molecular complexity index is 465. The maximum absolute atomic E-state index is 5.99. The summed E-state index contributed by atoms with van der Waals surface area (Å²) in [6.07, 6.45) is 10.5. The van der Waals surface area contributed by atoms with Crippen LogP contribution in [0, 0.1) is 29.6 Å². The summed E-state index contributed by atoms with van der Waals surface area (Å²) in [4.78, 5) is 5.48. The molecule has 27 heavy (non-hydrogen) atoms. The van der Waals surface area contributed by atoms with Gasteiger partial charge in [-0.15, -0.1) is 0 Å². The Hall–Kier alpha value is -0.160. The lowest BCUT2D eigenvalue weighted by atomic mass is 9.80. The third kappa shape index (κ3) is 5.46. The molecule has 0 aromatic rings. The fraction of sp³-hybridized carbons (Fsp3) is 1.00. The molecule has 0 amide bonds. The van der Waals surface area contributed by atoms with Gasteiger partial charge in [0, 0.05) is 53.5 Å². The Morgan fingerprint density at radius 3 is 2.00 bits per heavy atom. The summed E-state index contributed by atoms with van der Waals surface area (Å²) in [6.45, 7) is 10.0. The molecule has 2 aliphatic carbocycles. The molecule has 1 unspecified atom stereocenters. The van der Waals surface area contributed by atoms with Crippen LogP contribution in [0.3, 0.4) is 0 Å². The molecular formula is C23H42N2O2. The fourth-order valence-corrected chi connectivity index (χ4v) is 5.91. The zero-order valence-corrected chi connectivity index (χ0v) is 17.9. The standard InChI is InChI=1S/C23H42N2O2/c1-17-12-25(14-19-6-7-19)16-21(23(17)27-3)9-8-20-15-24(13-18-4-5-18)11-10-22(20)26-2/h17-23H,4-16H2,1-3H3/t17-,20+,21?,22+,23+/m0/s1. The van der Waals surface area contributed by atoms with Gasteiger partial charge in [-0.3, -0.25) is 0 Å². The van der Waals surface area contributed by atoms with Crippen LogP contribution in [0.2, 0.25) is 0 Å². The summed E-state index contributed by atoms with van der Waals surface area (Å²) in [5, 5.41) is 0. The van der Waals surface area contributed by atoms with E-state index in [-0.39, 0.29) is 0 Å². The topological polar surface area (TPSA) is 24.9 Å². The van der Waals surface area contributed by atoms with Crippen LogP contribution in [0.15, 0.2) is 0 Å². The summed E-state index contributed by atoms with van der Waals surface area (Å²) >= 11 is 0. The van der Waals surface area contributed by atoms with Crippen molar-refractivity contribution in [3.63, 3.8) is 0 Å². The van der Waals surface area contributed by atoms with Crippen molar-refractivity contribution in [3.05, 3.63) is 0 Å². The highest BCUT2D eigenvalue weighted by molar-refractivity contribution is 4.90. The van der Waals surface area contributed by atoms with Gasteiger partial charge in [0.1, 0.15) is 0 Å². The van der Waals surface area contributed by atoms with Crippen LogP contribution in [0.5, 0.6) is 0 Å². The lowest BCUT2D eigenvalue weighted by Gasteiger charge is -2.43. The molecule has 0 spiro atoms. The van der Waals surface area contributed by atoms with E-state index in [0.29, 0.717) is 30.0 Å². The Kier molecular flexibility index (Phi) is 6.79. The van der Waals surface area contributed by atoms with Crippen LogP contribution in [0.1, 0.15) is 51.9 Å². The largest absolute Gasteiger partial charge is 0.381 e. The second-order valence-electron chi connectivity index (χ2n) is 10.2. The van der Waals surface area contributed by atoms with Gasteiger partial charge in [0.2, 0.25) is 0 Å². The lowest BCUT2D eigenvalue weighted by Crippen LogP contribution is -2.50. The van der Waals surface area contributed by atoms with Crippen molar-refractivity contribution in [2.24, 2.45) is 29.6 Å². The van der Waals surface area contributed by atoms with E-state index in [1.807, 2.05) is 14.2 Å². The van der Waals surface area contributed by atoms with E-state index in [1.54, 1.807) is 0 Å². The summed E-state index contributed by atoms with van der Waals surface area (Å²) in [6, 6.07) is 0. The van der Waals surface area contributed by atoms with Crippen LogP contribution >= 0.6 is 0 Å². The fourth-order valence-electron chi connectivity index (χ4n) is 5.91. The molecule has 0 radical (unpaired) electrons. The zero-order valence-electron chi connectivity index (χ0n) is 17.9. The number of hydrogen-bond donors (Lipinski definition) is 0. The van der Waals surface area contributed by atoms with E-state index >= 15 is 0 Å². The SMILES string of the molecule is CO[C@@H]1CCN(CC2CC2)C[C@H]1CCC1CN(CC2CC2)C[C@H](C)[C@H]1OC. The van der Waals surface area contributed by atoms with Gasteiger partial charge in [0.25, 0.3) is 0 Å². The number of likely N-dealkylation sites (tertiary alicyclic amines) is 2. The van der Waals surface area contributed by atoms with Gasteiger partial charge < -0.3 is 19.3 Å². The Morgan fingerprint density at radius 2 is 1.37 bits per heavy atom. The molecule has 156 valence electrons. The maximum atomic E-state index is 5.99. The van der Waals surface area contributed by atoms with Gasteiger partial charge in [-0.05, 0) is 74.5 Å². The minimum absolute atomic E-state index is 0.438. The first kappa shape index (κ1) is 20.1. The molecule has 0 bridgehead atoms. The van der Waals surface area contributed by atoms with E-state index in [0.717, 1.165) is 11.8 Å². The summed E-state index contributed by atoms with van der Waals surface area (Å²) in [5.41, 5.74) is 0. The molecule has 2 aliphatic heterocycles. The van der Waals surface area contributed by atoms with Gasteiger partial charge in [-0.1, -0.05) is 6.92 Å². The summed E-state index contributed by atoms with van der Waals surface area (Å²) in [7, 11) is 3.85. The molecule has 0 aromatic carbocycles. The van der Waals surface area contributed by atoms with Gasteiger partial charge >= 0.3 is 0 Å². The third-order valence-electron chi connectivity index (χ3n) is 7.72. The molecule has 2 heterocycles. The first-order valence-corrected chi connectivity index (χ1v) is 11.7. The molecule has 4 rings (SSSR count). The lowest BCUT2D eigenvalue weighted by molar-refractivity contribution is -0.0560. The predicted octanol–water partition coefficient (Wildman–Crippen LogP) is 3.51. The first-order valence-electron chi connectivity index (χ1n) is 11.7. The number of nitrogens with zero attached hydrogens (tertiary/aromatic N) is 2. The number of piperidine rings is 2. The average molecular weight is 379 g/mol. The first-order chi connectivity index (χ1) is 13.2. The van der Waals surface area contributed by atoms with Crippen molar-refractivity contribution in [2.75, 3.05) is 53.5 Å². The average Bonchev–Trinajstić information content (AvgIpc) is 3.57. The van der Waals surface area contributed by atoms with Crippen LogP contribution in [-0.2, 0) is 9.47 Å². The number of ether oxygens (including phenoxy) is 2. The van der Waals surface area contributed by atoms with Crippen molar-refractivity contribution < 1.29 is 9.47 Å². The Labute approximate surface area is 166 Å². The van der Waals surface area contributed by atoms with Crippen molar-refractivity contribution in [1.29, 1.82) is 0 Å². The molecule has 2 saturated carbocycles. The van der Waals surface area contributed by atoms with Crippen molar-refractivity contribution in [2.45, 2.75) is 64.1 Å². The molecule has 0 N–H and O–H groups in total. The molecule has 2 saturated heterocycles. The minimum Gasteiger partial charge on any atom is -0.381 e. The second kappa shape index (κ2) is 9.11. The third-order valence-corrected chi connectivity index (χ3v) is 7.72.